The summed E-state index contributed by atoms with van der Waals surface area (Å²) >= 11 is 5.97. The van der Waals surface area contributed by atoms with E-state index in [1.807, 2.05) is 0 Å². The maximum Gasteiger partial charge on any atom is 0.435 e. The van der Waals surface area contributed by atoms with Crippen molar-refractivity contribution in [2.45, 2.75) is 78.7 Å². The fraction of sp³-hybridized carbons (Fsp3) is 0.533. The van der Waals surface area contributed by atoms with Gasteiger partial charge in [0.25, 0.3) is 0 Å². The number of halogens is 8. The zero-order valence-electron chi connectivity index (χ0n) is 23.9. The molecule has 0 N–H and O–H groups in total. The number of hydrogen-bond acceptors (Lipinski definition) is 5. The number of esters is 1. The molecule has 2 fully saturated rings. The van der Waals surface area contributed by atoms with E-state index in [-0.39, 0.29) is 64.6 Å². The molecule has 2 aliphatic carbocycles. The molecule has 1 saturated carbocycles. The third-order valence-electron chi connectivity index (χ3n) is 9.56. The molecule has 5 rings (SSSR count). The third kappa shape index (κ3) is 5.19. The number of amides is 1. The van der Waals surface area contributed by atoms with E-state index in [1.165, 1.54) is 36.3 Å². The lowest BCUT2D eigenvalue weighted by molar-refractivity contribution is -0.348. The van der Waals surface area contributed by atoms with Crippen LogP contribution in [-0.4, -0.2) is 57.2 Å². The Morgan fingerprint density at radius 3 is 2.02 bits per heavy atom. The van der Waals surface area contributed by atoms with Crippen LogP contribution in [0, 0.1) is 11.8 Å². The van der Waals surface area contributed by atoms with Crippen LogP contribution in [0.1, 0.15) is 55.2 Å². The van der Waals surface area contributed by atoms with Gasteiger partial charge in [0, 0.05) is 23.0 Å². The van der Waals surface area contributed by atoms with Crippen molar-refractivity contribution in [2.75, 3.05) is 13.7 Å². The van der Waals surface area contributed by atoms with Crippen LogP contribution < -0.4 is 0 Å². The number of fused-ring (bicyclic) bond motifs is 3. The van der Waals surface area contributed by atoms with E-state index in [1.54, 1.807) is 0 Å². The first kappa shape index (κ1) is 33.5. The SMILES string of the molecule is COC(=O)[C@H]1CC[C@H](C(=O)N2CCC3(S(=O)(=O)c4ccc(Cl)cc4)c4ccc(C(F)(C(F)(F)F)C(F)(F)F)cc4CCC23)CC1. The van der Waals surface area contributed by atoms with Crippen molar-refractivity contribution in [1.82, 2.24) is 4.90 Å². The van der Waals surface area contributed by atoms with Gasteiger partial charge in [-0.25, -0.2) is 12.8 Å². The molecule has 246 valence electrons. The van der Waals surface area contributed by atoms with Gasteiger partial charge in [-0.2, -0.15) is 26.3 Å². The first-order valence-electron chi connectivity index (χ1n) is 14.2. The van der Waals surface area contributed by atoms with Crippen LogP contribution >= 0.6 is 11.6 Å². The highest BCUT2D eigenvalue weighted by atomic mass is 35.5. The zero-order chi connectivity index (χ0) is 33.2. The quantitative estimate of drug-likeness (QED) is 0.255. The molecule has 2 aromatic carbocycles. The predicted molar refractivity (Wildman–Crippen MR) is 148 cm³/mol. The Labute approximate surface area is 259 Å². The second kappa shape index (κ2) is 11.4. The first-order chi connectivity index (χ1) is 20.9. The first-order valence-corrected chi connectivity index (χ1v) is 16.1. The summed E-state index contributed by atoms with van der Waals surface area (Å²) in [7, 11) is -3.20. The van der Waals surface area contributed by atoms with E-state index in [2.05, 4.69) is 0 Å². The van der Waals surface area contributed by atoms with Crippen molar-refractivity contribution in [2.24, 2.45) is 11.8 Å². The van der Waals surface area contributed by atoms with E-state index < -0.39 is 50.1 Å². The summed E-state index contributed by atoms with van der Waals surface area (Å²) in [6, 6.07) is 5.73. The van der Waals surface area contributed by atoms with Gasteiger partial charge < -0.3 is 9.64 Å². The highest BCUT2D eigenvalue weighted by Crippen LogP contribution is 2.57. The average molecular weight is 684 g/mol. The number of rotatable bonds is 5. The Hall–Kier alpha value is -2.87. The van der Waals surface area contributed by atoms with Crippen LogP contribution in [0.5, 0.6) is 0 Å². The third-order valence-corrected chi connectivity index (χ3v) is 12.4. The number of likely N-dealkylation sites (tertiary alicyclic amines) is 1. The van der Waals surface area contributed by atoms with Crippen LogP contribution in [0.25, 0.3) is 0 Å². The zero-order valence-corrected chi connectivity index (χ0v) is 25.4. The lowest BCUT2D eigenvalue weighted by Crippen LogP contribution is -2.53. The number of carbonyl (C=O) groups is 2. The number of hydrogen-bond donors (Lipinski definition) is 0. The van der Waals surface area contributed by atoms with Gasteiger partial charge >= 0.3 is 24.0 Å². The van der Waals surface area contributed by atoms with Gasteiger partial charge in [-0.05, 0) is 80.3 Å². The van der Waals surface area contributed by atoms with Crippen molar-refractivity contribution >= 4 is 33.3 Å². The molecule has 1 amide bonds. The van der Waals surface area contributed by atoms with E-state index >= 15 is 4.39 Å². The molecule has 15 heteroatoms. The summed E-state index contributed by atoms with van der Waals surface area (Å²) in [5, 5.41) is 0.223. The number of benzene rings is 2. The van der Waals surface area contributed by atoms with Crippen molar-refractivity contribution < 1.29 is 53.5 Å². The number of nitrogens with zero attached hydrogens (tertiary/aromatic N) is 1. The largest absolute Gasteiger partial charge is 0.469 e. The van der Waals surface area contributed by atoms with Gasteiger partial charge in [0.1, 0.15) is 4.75 Å². The number of sulfone groups is 1. The second-order valence-electron chi connectivity index (χ2n) is 11.8. The van der Waals surface area contributed by atoms with E-state index in [0.29, 0.717) is 37.8 Å². The Kier molecular flexibility index (Phi) is 8.51. The standard InChI is InChI=1S/C30H29ClF7NO5S/c1-44-26(41)18-4-2-17(3-5-18)25(40)39-15-14-27(45(42,43)22-10-8-21(31)9-11-22)23-12-7-20(16-19(23)6-13-24(27)39)28(32,29(33,34)35)30(36,37)38/h7-12,16-18,24H,2-6,13-15H2,1H3/t17-,18-,24?,27?. The Morgan fingerprint density at radius 2 is 1.47 bits per heavy atom. The van der Waals surface area contributed by atoms with Gasteiger partial charge in [-0.1, -0.05) is 29.8 Å². The lowest BCUT2D eigenvalue weighted by atomic mass is 9.76. The van der Waals surface area contributed by atoms with Gasteiger partial charge in [0.15, 0.2) is 9.84 Å². The molecule has 45 heavy (non-hydrogen) atoms. The smallest absolute Gasteiger partial charge is 0.435 e. The molecule has 0 aromatic heterocycles. The summed E-state index contributed by atoms with van der Waals surface area (Å²) in [6.45, 7) is -0.0490. The minimum absolute atomic E-state index is 0.0490. The Bertz CT molecular complexity index is 1570. The fourth-order valence-corrected chi connectivity index (χ4v) is 9.79. The minimum atomic E-state index is -6.34. The van der Waals surface area contributed by atoms with Crippen molar-refractivity contribution in [1.29, 1.82) is 0 Å². The monoisotopic (exact) mass is 683 g/mol. The van der Waals surface area contributed by atoms with Crippen LogP contribution in [0.15, 0.2) is 47.4 Å². The van der Waals surface area contributed by atoms with Gasteiger partial charge in [0.05, 0.1) is 24.0 Å². The predicted octanol–water partition coefficient (Wildman–Crippen LogP) is 6.83. The Balaban J connectivity index is 1.60. The maximum absolute atomic E-state index is 15.0. The number of carbonyl (C=O) groups excluding carboxylic acids is 2. The Morgan fingerprint density at radius 1 is 0.889 bits per heavy atom. The number of ether oxygens (including phenoxy) is 1. The van der Waals surface area contributed by atoms with Gasteiger partial charge in [-0.3, -0.25) is 9.59 Å². The normalized spacial score (nSPS) is 25.8. The molecule has 0 bridgehead atoms. The average Bonchev–Trinajstić information content (AvgIpc) is 3.40. The molecular weight excluding hydrogens is 655 g/mol. The summed E-state index contributed by atoms with van der Waals surface area (Å²) in [6.07, 6.45) is -11.7. The maximum atomic E-state index is 15.0. The molecule has 6 nitrogen and oxygen atoms in total. The summed E-state index contributed by atoms with van der Waals surface area (Å²) < 4.78 is 128. The summed E-state index contributed by atoms with van der Waals surface area (Å²) in [5.74, 6) is -1.61. The number of methoxy groups -OCH3 is 1. The molecular formula is C30H29ClF7NO5S. The fourth-order valence-electron chi connectivity index (χ4n) is 7.30. The molecule has 2 aromatic rings. The number of alkyl halides is 7. The summed E-state index contributed by atoms with van der Waals surface area (Å²) in [4.78, 5) is 27.1. The molecule has 1 saturated heterocycles. The minimum Gasteiger partial charge on any atom is -0.469 e. The molecule has 2 atom stereocenters. The molecule has 1 aliphatic heterocycles. The van der Waals surface area contributed by atoms with Crippen LogP contribution in [0.4, 0.5) is 30.7 Å². The highest BCUT2D eigenvalue weighted by molar-refractivity contribution is 7.92. The van der Waals surface area contributed by atoms with Crippen molar-refractivity contribution in [3.63, 3.8) is 0 Å². The molecule has 0 radical (unpaired) electrons. The second-order valence-corrected chi connectivity index (χ2v) is 14.4. The highest BCUT2D eigenvalue weighted by Gasteiger charge is 2.74. The van der Waals surface area contributed by atoms with Gasteiger partial charge in [-0.15, -0.1) is 0 Å². The van der Waals surface area contributed by atoms with Crippen LogP contribution in [-0.2, 0) is 41.0 Å². The van der Waals surface area contributed by atoms with Crippen molar-refractivity contribution in [3.8, 4) is 0 Å². The number of aryl methyl sites for hydroxylation is 1. The van der Waals surface area contributed by atoms with E-state index in [0.717, 1.165) is 6.07 Å². The van der Waals surface area contributed by atoms with Crippen LogP contribution in [0.2, 0.25) is 5.02 Å². The van der Waals surface area contributed by atoms with E-state index in [9.17, 15) is 44.3 Å². The molecule has 0 spiro atoms. The molecule has 3 aliphatic rings. The van der Waals surface area contributed by atoms with Crippen molar-refractivity contribution in [3.05, 3.63) is 64.2 Å². The van der Waals surface area contributed by atoms with Crippen LogP contribution in [0.3, 0.4) is 0 Å². The molecule has 1 heterocycles. The summed E-state index contributed by atoms with van der Waals surface area (Å²) in [5.41, 5.74) is -7.64. The van der Waals surface area contributed by atoms with Gasteiger partial charge in [0.2, 0.25) is 5.91 Å². The van der Waals surface area contributed by atoms with E-state index in [4.69, 9.17) is 16.3 Å². The topological polar surface area (TPSA) is 80.8 Å². The molecule has 2 unspecified atom stereocenters. The lowest BCUT2D eigenvalue weighted by Gasteiger charge is -2.44.